The Labute approximate surface area is 119 Å². The van der Waals surface area contributed by atoms with Gasteiger partial charge in [-0.2, -0.15) is 0 Å². The molecular weight excluding hydrogens is 280 g/mol. The van der Waals surface area contributed by atoms with E-state index in [0.29, 0.717) is 12.3 Å². The molecule has 0 heterocycles. The number of methoxy groups -OCH3 is 1. The van der Waals surface area contributed by atoms with Crippen LogP contribution in [0.4, 0.5) is 0 Å². The molecule has 112 valence electrons. The van der Waals surface area contributed by atoms with Crippen molar-refractivity contribution in [3.8, 4) is 5.75 Å². The molecule has 1 amide bonds. The Hall–Kier alpha value is -1.60. The summed E-state index contributed by atoms with van der Waals surface area (Å²) in [5.41, 5.74) is 0.183. The van der Waals surface area contributed by atoms with Crippen molar-refractivity contribution >= 4 is 15.9 Å². The molecular formula is C13H20N2O4S. The molecule has 0 radical (unpaired) electrons. The van der Waals surface area contributed by atoms with Gasteiger partial charge in [-0.15, -0.1) is 0 Å². The lowest BCUT2D eigenvalue weighted by Crippen LogP contribution is -2.28. The second-order valence-corrected chi connectivity index (χ2v) is 6.45. The molecule has 20 heavy (non-hydrogen) atoms. The Bertz CT molecular complexity index is 582. The maximum Gasteiger partial charge on any atom is 0.254 e. The van der Waals surface area contributed by atoms with Gasteiger partial charge >= 0.3 is 0 Å². The van der Waals surface area contributed by atoms with Crippen LogP contribution < -0.4 is 14.8 Å². The van der Waals surface area contributed by atoms with E-state index in [1.807, 2.05) is 13.8 Å². The highest BCUT2D eigenvalue weighted by molar-refractivity contribution is 7.89. The molecule has 0 saturated heterocycles. The molecule has 1 aromatic rings. The van der Waals surface area contributed by atoms with Crippen LogP contribution in [0, 0.1) is 5.92 Å². The maximum absolute atomic E-state index is 12.1. The van der Waals surface area contributed by atoms with Gasteiger partial charge in [-0.3, -0.25) is 4.79 Å². The van der Waals surface area contributed by atoms with E-state index < -0.39 is 15.9 Å². The standard InChI is InChI=1S/C13H20N2O4S/c1-9(2)8-15-20(17,18)10-5-6-12(19-4)11(7-10)13(16)14-3/h5-7,9,15H,8H2,1-4H3,(H,14,16). The lowest BCUT2D eigenvalue weighted by Gasteiger charge is -2.12. The first-order valence-electron chi connectivity index (χ1n) is 6.21. The second kappa shape index (κ2) is 6.71. The minimum atomic E-state index is -3.63. The number of benzene rings is 1. The summed E-state index contributed by atoms with van der Waals surface area (Å²) in [6, 6.07) is 4.18. The number of hydrogen-bond donors (Lipinski definition) is 2. The van der Waals surface area contributed by atoms with Crippen LogP contribution in [-0.4, -0.2) is 35.0 Å². The van der Waals surface area contributed by atoms with Crippen LogP contribution in [0.3, 0.4) is 0 Å². The van der Waals surface area contributed by atoms with Crippen molar-refractivity contribution in [2.75, 3.05) is 20.7 Å². The fourth-order valence-electron chi connectivity index (χ4n) is 1.53. The maximum atomic E-state index is 12.1. The van der Waals surface area contributed by atoms with Crippen LogP contribution in [0.1, 0.15) is 24.2 Å². The number of rotatable bonds is 6. The van der Waals surface area contributed by atoms with Crippen LogP contribution >= 0.6 is 0 Å². The fourth-order valence-corrected chi connectivity index (χ4v) is 2.77. The van der Waals surface area contributed by atoms with Crippen molar-refractivity contribution in [3.05, 3.63) is 23.8 Å². The van der Waals surface area contributed by atoms with Crippen molar-refractivity contribution in [3.63, 3.8) is 0 Å². The summed E-state index contributed by atoms with van der Waals surface area (Å²) in [6.07, 6.45) is 0. The molecule has 0 spiro atoms. The molecule has 0 aliphatic carbocycles. The van der Waals surface area contributed by atoms with Crippen molar-refractivity contribution in [2.24, 2.45) is 5.92 Å². The molecule has 6 nitrogen and oxygen atoms in total. The summed E-state index contributed by atoms with van der Waals surface area (Å²) in [5, 5.41) is 2.45. The van der Waals surface area contributed by atoms with E-state index in [4.69, 9.17) is 4.74 Å². The van der Waals surface area contributed by atoms with E-state index in [0.717, 1.165) is 0 Å². The molecule has 0 bridgehead atoms. The summed E-state index contributed by atoms with van der Waals surface area (Å²) in [7, 11) is -0.734. The lowest BCUT2D eigenvalue weighted by molar-refractivity contribution is 0.0960. The molecule has 0 aromatic heterocycles. The topological polar surface area (TPSA) is 84.5 Å². The Morgan fingerprint density at radius 1 is 1.35 bits per heavy atom. The Balaban J connectivity index is 3.17. The molecule has 0 atom stereocenters. The molecule has 0 saturated carbocycles. The third-order valence-electron chi connectivity index (χ3n) is 2.63. The van der Waals surface area contributed by atoms with Crippen molar-refractivity contribution in [1.82, 2.24) is 10.0 Å². The minimum absolute atomic E-state index is 0.0394. The highest BCUT2D eigenvalue weighted by Crippen LogP contribution is 2.22. The van der Waals surface area contributed by atoms with Gasteiger partial charge in [-0.25, -0.2) is 13.1 Å². The van der Waals surface area contributed by atoms with Crippen LogP contribution in [0.25, 0.3) is 0 Å². The number of carbonyl (C=O) groups is 1. The number of nitrogens with one attached hydrogen (secondary N) is 2. The van der Waals surface area contributed by atoms with Gasteiger partial charge in [0.1, 0.15) is 5.75 Å². The first kappa shape index (κ1) is 16.5. The van der Waals surface area contributed by atoms with E-state index in [1.165, 1.54) is 32.4 Å². The zero-order chi connectivity index (χ0) is 15.3. The molecule has 7 heteroatoms. The highest BCUT2D eigenvalue weighted by Gasteiger charge is 2.19. The monoisotopic (exact) mass is 300 g/mol. The number of sulfonamides is 1. The predicted octanol–water partition coefficient (Wildman–Crippen LogP) is 0.989. The second-order valence-electron chi connectivity index (χ2n) is 4.69. The summed E-state index contributed by atoms with van der Waals surface area (Å²) in [6.45, 7) is 4.16. The largest absolute Gasteiger partial charge is 0.496 e. The average Bonchev–Trinajstić information content (AvgIpc) is 2.43. The summed E-state index contributed by atoms with van der Waals surface area (Å²) in [4.78, 5) is 11.8. The minimum Gasteiger partial charge on any atom is -0.496 e. The normalized spacial score (nSPS) is 11.4. The van der Waals surface area contributed by atoms with Crippen molar-refractivity contribution in [2.45, 2.75) is 18.7 Å². The lowest BCUT2D eigenvalue weighted by atomic mass is 10.2. The first-order chi connectivity index (χ1) is 9.31. The zero-order valence-electron chi connectivity index (χ0n) is 12.1. The zero-order valence-corrected chi connectivity index (χ0v) is 12.9. The van der Waals surface area contributed by atoms with E-state index in [2.05, 4.69) is 10.0 Å². The summed E-state index contributed by atoms with van der Waals surface area (Å²) in [5.74, 6) is 0.122. The van der Waals surface area contributed by atoms with Crippen LogP contribution in [0.15, 0.2) is 23.1 Å². The number of ether oxygens (including phenoxy) is 1. The Morgan fingerprint density at radius 3 is 2.50 bits per heavy atom. The predicted molar refractivity (Wildman–Crippen MR) is 76.4 cm³/mol. The molecule has 1 aromatic carbocycles. The Morgan fingerprint density at radius 2 is 2.00 bits per heavy atom. The van der Waals surface area contributed by atoms with Gasteiger partial charge in [0.15, 0.2) is 0 Å². The van der Waals surface area contributed by atoms with Crippen molar-refractivity contribution < 1.29 is 17.9 Å². The van der Waals surface area contributed by atoms with Crippen LogP contribution in [0.5, 0.6) is 5.75 Å². The van der Waals surface area contributed by atoms with E-state index in [9.17, 15) is 13.2 Å². The van der Waals surface area contributed by atoms with E-state index in [1.54, 1.807) is 0 Å². The van der Waals surface area contributed by atoms with Crippen molar-refractivity contribution in [1.29, 1.82) is 0 Å². The van der Waals surface area contributed by atoms with Crippen LogP contribution in [-0.2, 0) is 10.0 Å². The third-order valence-corrected chi connectivity index (χ3v) is 4.06. The fraction of sp³-hybridized carbons (Fsp3) is 0.462. The SMILES string of the molecule is CNC(=O)c1cc(S(=O)(=O)NCC(C)C)ccc1OC. The van der Waals surface area contributed by atoms with E-state index >= 15 is 0 Å². The molecule has 0 unspecified atom stereocenters. The quantitative estimate of drug-likeness (QED) is 0.820. The number of carbonyl (C=O) groups excluding carboxylic acids is 1. The van der Waals surface area contributed by atoms with Gasteiger partial charge in [0.2, 0.25) is 10.0 Å². The molecule has 2 N–H and O–H groups in total. The van der Waals surface area contributed by atoms with E-state index in [-0.39, 0.29) is 16.4 Å². The van der Waals surface area contributed by atoms with Gasteiger partial charge < -0.3 is 10.1 Å². The first-order valence-corrected chi connectivity index (χ1v) is 7.70. The van der Waals surface area contributed by atoms with Gasteiger partial charge in [0, 0.05) is 13.6 Å². The van der Waals surface area contributed by atoms with Gasteiger partial charge in [0.05, 0.1) is 17.6 Å². The highest BCUT2D eigenvalue weighted by atomic mass is 32.2. The van der Waals surface area contributed by atoms with Gasteiger partial charge in [-0.1, -0.05) is 13.8 Å². The smallest absolute Gasteiger partial charge is 0.254 e. The average molecular weight is 300 g/mol. The Kier molecular flexibility index (Phi) is 5.52. The molecule has 0 aliphatic rings. The molecule has 0 fully saturated rings. The molecule has 0 aliphatic heterocycles. The van der Waals surface area contributed by atoms with Crippen LogP contribution in [0.2, 0.25) is 0 Å². The number of amides is 1. The summed E-state index contributed by atoms with van der Waals surface area (Å²) < 4.78 is 31.8. The third kappa shape index (κ3) is 3.94. The van der Waals surface area contributed by atoms with Gasteiger partial charge in [-0.05, 0) is 24.1 Å². The molecule has 1 rings (SSSR count). The summed E-state index contributed by atoms with van der Waals surface area (Å²) >= 11 is 0. The van der Waals surface area contributed by atoms with Gasteiger partial charge in [0.25, 0.3) is 5.91 Å². The number of hydrogen-bond acceptors (Lipinski definition) is 4.